The number of carboxylic acids is 1. The van der Waals surface area contributed by atoms with Gasteiger partial charge in [0.15, 0.2) is 0 Å². The van der Waals surface area contributed by atoms with E-state index in [0.29, 0.717) is 11.3 Å². The van der Waals surface area contributed by atoms with Crippen LogP contribution in [0.25, 0.3) is 6.08 Å². The quantitative estimate of drug-likeness (QED) is 0.620. The van der Waals surface area contributed by atoms with Crippen molar-refractivity contribution < 1.29 is 19.5 Å². The van der Waals surface area contributed by atoms with Crippen LogP contribution in [0.15, 0.2) is 35.0 Å². The molecule has 1 heterocycles. The highest BCUT2D eigenvalue weighted by molar-refractivity contribution is 6.24. The van der Waals surface area contributed by atoms with Gasteiger partial charge >= 0.3 is 11.9 Å². The Balaban J connectivity index is 2.30. The van der Waals surface area contributed by atoms with Crippen LogP contribution in [0, 0.1) is 0 Å². The summed E-state index contributed by atoms with van der Waals surface area (Å²) in [5, 5.41) is 12.3. The number of hydrogen-bond acceptors (Lipinski definition) is 4. The van der Waals surface area contributed by atoms with Gasteiger partial charge in [-0.1, -0.05) is 17.3 Å². The number of aromatic carboxylic acids is 1. The second-order valence-corrected chi connectivity index (χ2v) is 3.54. The maximum atomic E-state index is 11.3. The summed E-state index contributed by atoms with van der Waals surface area (Å²) in [4.78, 5) is 26.4. The molecule has 5 heteroatoms. The van der Waals surface area contributed by atoms with Crippen molar-refractivity contribution in [2.24, 2.45) is 5.16 Å². The Labute approximate surface area is 97.0 Å². The molecular weight excluding hydrogens is 222 g/mol. The third-order valence-corrected chi connectivity index (χ3v) is 2.34. The minimum atomic E-state index is -0.984. The first kappa shape index (κ1) is 11.1. The van der Waals surface area contributed by atoms with E-state index >= 15 is 0 Å². The number of hydrogen-bond donors (Lipinski definition) is 1. The van der Waals surface area contributed by atoms with Gasteiger partial charge in [-0.05, 0) is 30.7 Å². The third-order valence-electron chi connectivity index (χ3n) is 2.34. The minimum Gasteiger partial charge on any atom is -0.478 e. The van der Waals surface area contributed by atoms with Gasteiger partial charge < -0.3 is 9.94 Å². The summed E-state index contributed by atoms with van der Waals surface area (Å²) < 4.78 is 0. The van der Waals surface area contributed by atoms with Gasteiger partial charge in [-0.3, -0.25) is 0 Å². The molecule has 17 heavy (non-hydrogen) atoms. The van der Waals surface area contributed by atoms with Crippen LogP contribution in [-0.2, 0) is 9.63 Å². The van der Waals surface area contributed by atoms with Crippen LogP contribution in [0.2, 0.25) is 0 Å². The summed E-state index contributed by atoms with van der Waals surface area (Å²) >= 11 is 0. The van der Waals surface area contributed by atoms with E-state index in [0.717, 1.165) is 5.56 Å². The summed E-state index contributed by atoms with van der Waals surface area (Å²) in [6.45, 7) is 1.67. The zero-order valence-corrected chi connectivity index (χ0v) is 9.01. The maximum absolute atomic E-state index is 11.3. The van der Waals surface area contributed by atoms with E-state index in [4.69, 9.17) is 5.11 Å². The molecule has 1 aromatic carbocycles. The van der Waals surface area contributed by atoms with E-state index in [9.17, 15) is 9.59 Å². The van der Waals surface area contributed by atoms with Crippen molar-refractivity contribution in [3.05, 3.63) is 41.0 Å². The highest BCUT2D eigenvalue weighted by atomic mass is 16.7. The largest absolute Gasteiger partial charge is 0.478 e. The van der Waals surface area contributed by atoms with E-state index in [1.807, 2.05) is 0 Å². The topological polar surface area (TPSA) is 76.0 Å². The standard InChI is InChI=1S/C12H9NO4/c1-7-10(12(16)17-13-7)6-8-2-4-9(5-3-8)11(14)15/h2-6H,1H3,(H,14,15)/b10-6+. The smallest absolute Gasteiger partial charge is 0.367 e. The summed E-state index contributed by atoms with van der Waals surface area (Å²) in [6.07, 6.45) is 1.61. The molecule has 0 atom stereocenters. The van der Waals surface area contributed by atoms with E-state index in [1.54, 1.807) is 25.1 Å². The lowest BCUT2D eigenvalue weighted by atomic mass is 10.1. The summed E-state index contributed by atoms with van der Waals surface area (Å²) in [5.41, 5.74) is 1.82. The molecule has 1 N–H and O–H groups in total. The number of carbonyl (C=O) groups is 2. The highest BCUT2D eigenvalue weighted by Gasteiger charge is 2.21. The summed E-state index contributed by atoms with van der Waals surface area (Å²) in [6, 6.07) is 6.19. The molecule has 1 aliphatic heterocycles. The van der Waals surface area contributed by atoms with Crippen molar-refractivity contribution in [3.8, 4) is 0 Å². The number of carboxylic acid groups (broad SMARTS) is 1. The van der Waals surface area contributed by atoms with Gasteiger partial charge in [-0.15, -0.1) is 0 Å². The maximum Gasteiger partial charge on any atom is 0.367 e. The number of carbonyl (C=O) groups excluding carboxylic acids is 1. The Kier molecular flexibility index (Phi) is 2.74. The van der Waals surface area contributed by atoms with E-state index in [1.165, 1.54) is 12.1 Å². The van der Waals surface area contributed by atoms with Gasteiger partial charge in [-0.25, -0.2) is 9.59 Å². The predicted molar refractivity (Wildman–Crippen MR) is 60.6 cm³/mol. The molecule has 0 radical (unpaired) electrons. The second-order valence-electron chi connectivity index (χ2n) is 3.54. The van der Waals surface area contributed by atoms with Crippen LogP contribution in [0.4, 0.5) is 0 Å². The second kappa shape index (κ2) is 4.21. The Morgan fingerprint density at radius 2 is 2.00 bits per heavy atom. The molecule has 2 rings (SSSR count). The Bertz CT molecular complexity index is 540. The van der Waals surface area contributed by atoms with Gasteiger partial charge in [0.05, 0.1) is 16.8 Å². The fourth-order valence-electron chi connectivity index (χ4n) is 1.41. The first-order chi connectivity index (χ1) is 8.08. The number of nitrogens with zero attached hydrogens (tertiary/aromatic N) is 1. The molecule has 0 bridgehead atoms. The van der Waals surface area contributed by atoms with Gasteiger partial charge in [0, 0.05) is 0 Å². The van der Waals surface area contributed by atoms with Gasteiger partial charge in [0.25, 0.3) is 0 Å². The lowest BCUT2D eigenvalue weighted by molar-refractivity contribution is -0.136. The zero-order valence-electron chi connectivity index (χ0n) is 9.01. The molecule has 5 nitrogen and oxygen atoms in total. The van der Waals surface area contributed by atoms with Crippen LogP contribution in [0.3, 0.4) is 0 Å². The minimum absolute atomic E-state index is 0.200. The van der Waals surface area contributed by atoms with Gasteiger partial charge in [0.2, 0.25) is 0 Å². The Hall–Kier alpha value is -2.43. The molecule has 1 aromatic rings. The number of rotatable bonds is 2. The number of oxime groups is 1. The molecular formula is C12H9NO4. The van der Waals surface area contributed by atoms with Crippen molar-refractivity contribution >= 4 is 23.7 Å². The third kappa shape index (κ3) is 2.23. The predicted octanol–water partition coefficient (Wildman–Crippen LogP) is 1.70. The van der Waals surface area contributed by atoms with Crippen LogP contribution in [-0.4, -0.2) is 22.8 Å². The summed E-state index contributed by atoms with van der Waals surface area (Å²) in [7, 11) is 0. The van der Waals surface area contributed by atoms with Crippen LogP contribution in [0.1, 0.15) is 22.8 Å². The fraction of sp³-hybridized carbons (Fsp3) is 0.0833. The molecule has 0 spiro atoms. The van der Waals surface area contributed by atoms with Crippen molar-refractivity contribution in [2.45, 2.75) is 6.92 Å². The lowest BCUT2D eigenvalue weighted by Gasteiger charge is -1.97. The SMILES string of the molecule is CC1=NOC(=O)/C1=C/c1ccc(C(=O)O)cc1. The Morgan fingerprint density at radius 1 is 1.35 bits per heavy atom. The molecule has 0 aromatic heterocycles. The van der Waals surface area contributed by atoms with Crippen molar-refractivity contribution in [1.82, 2.24) is 0 Å². The zero-order chi connectivity index (χ0) is 12.4. The fourth-order valence-corrected chi connectivity index (χ4v) is 1.41. The molecule has 0 fully saturated rings. The van der Waals surface area contributed by atoms with Crippen LogP contribution in [0.5, 0.6) is 0 Å². The molecule has 0 amide bonds. The van der Waals surface area contributed by atoms with Gasteiger partial charge in [0.1, 0.15) is 0 Å². The average Bonchev–Trinajstić information content (AvgIpc) is 2.61. The lowest BCUT2D eigenvalue weighted by Crippen LogP contribution is -2.01. The monoisotopic (exact) mass is 231 g/mol. The van der Waals surface area contributed by atoms with Crippen molar-refractivity contribution in [3.63, 3.8) is 0 Å². The van der Waals surface area contributed by atoms with Crippen molar-refractivity contribution in [2.75, 3.05) is 0 Å². The number of benzene rings is 1. The summed E-state index contributed by atoms with van der Waals surface area (Å²) in [5.74, 6) is -1.48. The molecule has 0 saturated heterocycles. The molecule has 0 aliphatic carbocycles. The van der Waals surface area contributed by atoms with E-state index in [2.05, 4.69) is 9.99 Å². The Morgan fingerprint density at radius 3 is 2.47 bits per heavy atom. The van der Waals surface area contributed by atoms with Gasteiger partial charge in [-0.2, -0.15) is 0 Å². The van der Waals surface area contributed by atoms with Crippen LogP contribution >= 0.6 is 0 Å². The normalized spacial score (nSPS) is 16.9. The molecule has 0 saturated carbocycles. The first-order valence-corrected chi connectivity index (χ1v) is 4.89. The highest BCUT2D eigenvalue weighted by Crippen LogP contribution is 2.15. The molecule has 0 unspecified atom stereocenters. The van der Waals surface area contributed by atoms with Crippen LogP contribution < -0.4 is 0 Å². The molecule has 1 aliphatic rings. The van der Waals surface area contributed by atoms with E-state index < -0.39 is 11.9 Å². The molecule has 86 valence electrons. The average molecular weight is 231 g/mol. The van der Waals surface area contributed by atoms with E-state index in [-0.39, 0.29) is 5.56 Å². The first-order valence-electron chi connectivity index (χ1n) is 4.89. The van der Waals surface area contributed by atoms with Crippen molar-refractivity contribution in [1.29, 1.82) is 0 Å².